The van der Waals surface area contributed by atoms with Crippen molar-refractivity contribution in [3.05, 3.63) is 29.3 Å². The van der Waals surface area contributed by atoms with E-state index in [1.54, 1.807) is 0 Å². The van der Waals surface area contributed by atoms with Gasteiger partial charge in [0, 0.05) is 5.56 Å². The molecule has 0 amide bonds. The first-order valence-corrected chi connectivity index (χ1v) is 5.75. The molecule has 2 rings (SSSR count). The molecular formula is C13H18O2. The number of aliphatic hydroxyl groups is 1. The molecule has 0 aliphatic carbocycles. The van der Waals surface area contributed by atoms with Crippen molar-refractivity contribution < 1.29 is 9.84 Å². The van der Waals surface area contributed by atoms with E-state index < -0.39 is 0 Å². The Balaban J connectivity index is 2.31. The van der Waals surface area contributed by atoms with Crippen LogP contribution in [0, 0.1) is 0 Å². The zero-order chi connectivity index (χ0) is 10.7. The average molecular weight is 206 g/mol. The second kappa shape index (κ2) is 4.67. The largest absolute Gasteiger partial charge is 0.493 e. The summed E-state index contributed by atoms with van der Waals surface area (Å²) in [5.41, 5.74) is 2.26. The van der Waals surface area contributed by atoms with Crippen molar-refractivity contribution in [3.63, 3.8) is 0 Å². The fourth-order valence-electron chi connectivity index (χ4n) is 2.05. The summed E-state index contributed by atoms with van der Waals surface area (Å²) in [6, 6.07) is 6.18. The first kappa shape index (κ1) is 10.5. The van der Waals surface area contributed by atoms with E-state index >= 15 is 0 Å². The standard InChI is InChI=1S/C13H18O2/c1-2-4-10-6-7-13-11(9-10)12(14)5-3-8-15-13/h6-7,9,12,14H,2-5,8H2,1H3/t12-/m0/s1. The lowest BCUT2D eigenvalue weighted by Gasteiger charge is -2.12. The number of hydrogen-bond donors (Lipinski definition) is 1. The van der Waals surface area contributed by atoms with Crippen LogP contribution in [0.5, 0.6) is 5.75 Å². The predicted molar refractivity (Wildman–Crippen MR) is 60.1 cm³/mol. The number of fused-ring (bicyclic) bond motifs is 1. The van der Waals surface area contributed by atoms with Crippen molar-refractivity contribution >= 4 is 0 Å². The molecule has 1 aliphatic rings. The summed E-state index contributed by atoms with van der Waals surface area (Å²) in [5.74, 6) is 0.861. The maximum Gasteiger partial charge on any atom is 0.125 e. The predicted octanol–water partition coefficient (Wildman–Crippen LogP) is 2.85. The normalized spacial score (nSPS) is 20.3. The Morgan fingerprint density at radius 2 is 2.33 bits per heavy atom. The Bertz CT molecular complexity index is 333. The smallest absolute Gasteiger partial charge is 0.125 e. The minimum atomic E-state index is -0.348. The third kappa shape index (κ3) is 2.32. The second-order valence-electron chi connectivity index (χ2n) is 4.13. The van der Waals surface area contributed by atoms with Crippen LogP contribution in [0.25, 0.3) is 0 Å². The first-order chi connectivity index (χ1) is 7.31. The number of hydrogen-bond acceptors (Lipinski definition) is 2. The van der Waals surface area contributed by atoms with Gasteiger partial charge in [-0.1, -0.05) is 19.4 Å². The molecular weight excluding hydrogens is 188 g/mol. The van der Waals surface area contributed by atoms with E-state index in [2.05, 4.69) is 19.1 Å². The second-order valence-corrected chi connectivity index (χ2v) is 4.13. The van der Waals surface area contributed by atoms with Gasteiger partial charge in [0.15, 0.2) is 0 Å². The van der Waals surface area contributed by atoms with E-state index in [9.17, 15) is 5.11 Å². The SMILES string of the molecule is CCCc1ccc2c(c1)[C@@H](O)CCCO2. The summed E-state index contributed by atoms with van der Waals surface area (Å²) in [7, 11) is 0. The monoisotopic (exact) mass is 206 g/mol. The molecule has 15 heavy (non-hydrogen) atoms. The van der Waals surface area contributed by atoms with Gasteiger partial charge < -0.3 is 9.84 Å². The van der Waals surface area contributed by atoms with E-state index in [-0.39, 0.29) is 6.10 Å². The molecule has 1 aromatic rings. The van der Waals surface area contributed by atoms with Crippen LogP contribution in [0.1, 0.15) is 43.4 Å². The maximum absolute atomic E-state index is 9.95. The highest BCUT2D eigenvalue weighted by molar-refractivity contribution is 5.39. The molecule has 0 saturated carbocycles. The maximum atomic E-state index is 9.95. The van der Waals surface area contributed by atoms with Gasteiger partial charge in [0.05, 0.1) is 12.7 Å². The molecule has 0 aromatic heterocycles. The van der Waals surface area contributed by atoms with Gasteiger partial charge >= 0.3 is 0 Å². The Hall–Kier alpha value is -1.02. The van der Waals surface area contributed by atoms with Crippen molar-refractivity contribution in [3.8, 4) is 5.75 Å². The van der Waals surface area contributed by atoms with Gasteiger partial charge in [0.1, 0.15) is 5.75 Å². The average Bonchev–Trinajstić information content (AvgIpc) is 2.42. The van der Waals surface area contributed by atoms with Gasteiger partial charge in [-0.05, 0) is 37.0 Å². The van der Waals surface area contributed by atoms with Crippen LogP contribution >= 0.6 is 0 Å². The molecule has 1 atom stereocenters. The molecule has 0 saturated heterocycles. The number of rotatable bonds is 2. The minimum absolute atomic E-state index is 0.348. The van der Waals surface area contributed by atoms with Crippen LogP contribution in [0.15, 0.2) is 18.2 Å². The van der Waals surface area contributed by atoms with Crippen LogP contribution in [0.3, 0.4) is 0 Å². The first-order valence-electron chi connectivity index (χ1n) is 5.75. The topological polar surface area (TPSA) is 29.5 Å². The molecule has 0 radical (unpaired) electrons. The van der Waals surface area contributed by atoms with Crippen molar-refractivity contribution in [2.24, 2.45) is 0 Å². The highest BCUT2D eigenvalue weighted by atomic mass is 16.5. The fraction of sp³-hybridized carbons (Fsp3) is 0.538. The Morgan fingerprint density at radius 1 is 1.47 bits per heavy atom. The fourth-order valence-corrected chi connectivity index (χ4v) is 2.05. The van der Waals surface area contributed by atoms with Gasteiger partial charge in [0.2, 0.25) is 0 Å². The van der Waals surface area contributed by atoms with Crippen molar-refractivity contribution in [1.29, 1.82) is 0 Å². The number of ether oxygens (including phenoxy) is 1. The molecule has 0 fully saturated rings. The van der Waals surface area contributed by atoms with Gasteiger partial charge in [-0.3, -0.25) is 0 Å². The van der Waals surface area contributed by atoms with Gasteiger partial charge in [-0.15, -0.1) is 0 Å². The quantitative estimate of drug-likeness (QED) is 0.806. The van der Waals surface area contributed by atoms with Crippen LogP contribution in [-0.4, -0.2) is 11.7 Å². The van der Waals surface area contributed by atoms with E-state index in [0.717, 1.165) is 43.6 Å². The number of aryl methyl sites for hydroxylation is 1. The summed E-state index contributed by atoms with van der Waals surface area (Å²) in [6.45, 7) is 2.88. The highest BCUT2D eigenvalue weighted by Crippen LogP contribution is 2.32. The molecule has 1 aromatic carbocycles. The van der Waals surface area contributed by atoms with Gasteiger partial charge in [-0.25, -0.2) is 0 Å². The molecule has 0 spiro atoms. The van der Waals surface area contributed by atoms with E-state index in [1.807, 2.05) is 6.07 Å². The van der Waals surface area contributed by atoms with E-state index in [1.165, 1.54) is 5.56 Å². The lowest BCUT2D eigenvalue weighted by molar-refractivity contribution is 0.167. The number of aliphatic hydroxyl groups excluding tert-OH is 1. The summed E-state index contributed by atoms with van der Waals surface area (Å²) < 4.78 is 5.59. The Labute approximate surface area is 90.9 Å². The van der Waals surface area contributed by atoms with E-state index in [0.29, 0.717) is 0 Å². The summed E-state index contributed by atoms with van der Waals surface area (Å²) >= 11 is 0. The third-order valence-corrected chi connectivity index (χ3v) is 2.85. The van der Waals surface area contributed by atoms with Gasteiger partial charge in [0.25, 0.3) is 0 Å². The van der Waals surface area contributed by atoms with Crippen LogP contribution in [0.2, 0.25) is 0 Å². The third-order valence-electron chi connectivity index (χ3n) is 2.85. The lowest BCUT2D eigenvalue weighted by Crippen LogP contribution is -1.98. The molecule has 1 aliphatic heterocycles. The molecule has 1 N–H and O–H groups in total. The highest BCUT2D eigenvalue weighted by Gasteiger charge is 2.17. The van der Waals surface area contributed by atoms with Crippen LogP contribution < -0.4 is 4.74 Å². The van der Waals surface area contributed by atoms with Crippen molar-refractivity contribution in [2.45, 2.75) is 38.7 Å². The van der Waals surface area contributed by atoms with Crippen molar-refractivity contribution in [2.75, 3.05) is 6.61 Å². The molecule has 1 heterocycles. The summed E-state index contributed by atoms with van der Waals surface area (Å²) in [6.07, 6.45) is 3.59. The van der Waals surface area contributed by atoms with Gasteiger partial charge in [-0.2, -0.15) is 0 Å². The molecule has 0 bridgehead atoms. The minimum Gasteiger partial charge on any atom is -0.493 e. The Morgan fingerprint density at radius 3 is 3.13 bits per heavy atom. The number of benzene rings is 1. The Kier molecular flexibility index (Phi) is 3.27. The molecule has 82 valence electrons. The van der Waals surface area contributed by atoms with Crippen molar-refractivity contribution in [1.82, 2.24) is 0 Å². The molecule has 0 unspecified atom stereocenters. The summed E-state index contributed by atoms with van der Waals surface area (Å²) in [4.78, 5) is 0. The zero-order valence-electron chi connectivity index (χ0n) is 9.20. The lowest BCUT2D eigenvalue weighted by atomic mass is 10.0. The molecule has 2 heteroatoms. The van der Waals surface area contributed by atoms with E-state index in [4.69, 9.17) is 4.74 Å². The van der Waals surface area contributed by atoms with Crippen LogP contribution in [-0.2, 0) is 6.42 Å². The van der Waals surface area contributed by atoms with Crippen LogP contribution in [0.4, 0.5) is 0 Å². The molecule has 2 nitrogen and oxygen atoms in total. The summed E-state index contributed by atoms with van der Waals surface area (Å²) in [5, 5.41) is 9.95. The zero-order valence-corrected chi connectivity index (χ0v) is 9.20.